The number of aliphatic hydroxyl groups is 2. The van der Waals surface area contributed by atoms with Gasteiger partial charge in [0.1, 0.15) is 6.10 Å². The lowest BCUT2D eigenvalue weighted by Gasteiger charge is -2.23. The Balaban J connectivity index is 4.65. The standard InChI is InChI=1S/C48H89NO5/c1-4-7-10-13-16-19-22-23-26-28-31-34-37-40-46(51)45(43-50)49-47(52)42-44(39-36-33-30-27-24-20-17-14-11-8-5-2)54-48(53)41-38-35-32-29-25-21-18-15-12-9-6-3/h15,18,27,30,36,39,44-46,50-51H,4-14,16-17,19-26,28-29,31-35,37-38,40-43H2,1-3H3,(H,49,52)/b18-15-,30-27-,39-36+. The fraction of sp³-hybridized carbons (Fsp3) is 0.833. The number of allylic oxidation sites excluding steroid dienone is 5. The summed E-state index contributed by atoms with van der Waals surface area (Å²) in [6, 6.07) is -0.730. The van der Waals surface area contributed by atoms with Crippen LogP contribution < -0.4 is 5.32 Å². The molecule has 0 fully saturated rings. The second kappa shape index (κ2) is 42.2. The minimum Gasteiger partial charge on any atom is -0.458 e. The van der Waals surface area contributed by atoms with Crippen LogP contribution in [0.3, 0.4) is 0 Å². The van der Waals surface area contributed by atoms with Gasteiger partial charge in [-0.15, -0.1) is 0 Å². The van der Waals surface area contributed by atoms with Crippen molar-refractivity contribution in [3.63, 3.8) is 0 Å². The van der Waals surface area contributed by atoms with Gasteiger partial charge in [0.25, 0.3) is 0 Å². The van der Waals surface area contributed by atoms with Crippen LogP contribution in [-0.4, -0.2) is 46.9 Å². The molecular weight excluding hydrogens is 671 g/mol. The highest BCUT2D eigenvalue weighted by atomic mass is 16.5. The van der Waals surface area contributed by atoms with Crippen LogP contribution in [-0.2, 0) is 14.3 Å². The Morgan fingerprint density at radius 3 is 1.52 bits per heavy atom. The number of hydrogen-bond acceptors (Lipinski definition) is 5. The van der Waals surface area contributed by atoms with E-state index in [1.807, 2.05) is 12.2 Å². The first kappa shape index (κ1) is 52.1. The largest absolute Gasteiger partial charge is 0.458 e. The van der Waals surface area contributed by atoms with Crippen LogP contribution in [0.25, 0.3) is 0 Å². The number of rotatable bonds is 41. The van der Waals surface area contributed by atoms with Crippen LogP contribution in [0.5, 0.6) is 0 Å². The molecule has 0 heterocycles. The number of aliphatic hydroxyl groups excluding tert-OH is 2. The van der Waals surface area contributed by atoms with E-state index >= 15 is 0 Å². The predicted octanol–water partition coefficient (Wildman–Crippen LogP) is 13.3. The Hall–Kier alpha value is -1.92. The lowest BCUT2D eigenvalue weighted by molar-refractivity contribution is -0.148. The summed E-state index contributed by atoms with van der Waals surface area (Å²) >= 11 is 0. The van der Waals surface area contributed by atoms with E-state index in [0.717, 1.165) is 57.8 Å². The lowest BCUT2D eigenvalue weighted by Crippen LogP contribution is -2.46. The van der Waals surface area contributed by atoms with E-state index in [1.165, 1.54) is 135 Å². The highest BCUT2D eigenvalue weighted by Crippen LogP contribution is 2.16. The maximum absolute atomic E-state index is 13.1. The summed E-state index contributed by atoms with van der Waals surface area (Å²) in [5.74, 6) is -0.612. The van der Waals surface area contributed by atoms with E-state index in [9.17, 15) is 19.8 Å². The zero-order valence-electron chi connectivity index (χ0n) is 35.9. The molecule has 0 aromatic heterocycles. The van der Waals surface area contributed by atoms with E-state index in [1.54, 1.807) is 0 Å². The minimum atomic E-state index is -0.808. The normalized spacial score (nSPS) is 13.6. The van der Waals surface area contributed by atoms with Crippen molar-refractivity contribution in [2.24, 2.45) is 0 Å². The summed E-state index contributed by atoms with van der Waals surface area (Å²) < 4.78 is 5.79. The van der Waals surface area contributed by atoms with Crippen molar-refractivity contribution in [1.82, 2.24) is 5.32 Å². The van der Waals surface area contributed by atoms with Crippen molar-refractivity contribution in [2.45, 2.75) is 251 Å². The molecule has 0 spiro atoms. The van der Waals surface area contributed by atoms with Gasteiger partial charge >= 0.3 is 5.97 Å². The molecule has 6 nitrogen and oxygen atoms in total. The first-order valence-electron chi connectivity index (χ1n) is 23.2. The number of carbonyl (C=O) groups is 2. The van der Waals surface area contributed by atoms with E-state index < -0.39 is 18.2 Å². The van der Waals surface area contributed by atoms with E-state index in [2.05, 4.69) is 50.4 Å². The first-order chi connectivity index (χ1) is 26.5. The van der Waals surface area contributed by atoms with Crippen LogP contribution in [0.1, 0.15) is 233 Å². The molecule has 3 unspecified atom stereocenters. The molecule has 0 radical (unpaired) electrons. The highest BCUT2D eigenvalue weighted by molar-refractivity contribution is 5.78. The third kappa shape index (κ3) is 37.0. The maximum atomic E-state index is 13.1. The zero-order valence-corrected chi connectivity index (χ0v) is 35.9. The van der Waals surface area contributed by atoms with Gasteiger partial charge in [0.05, 0.1) is 25.2 Å². The van der Waals surface area contributed by atoms with E-state index in [4.69, 9.17) is 4.74 Å². The second-order valence-corrected chi connectivity index (χ2v) is 15.8. The highest BCUT2D eigenvalue weighted by Gasteiger charge is 2.23. The third-order valence-electron chi connectivity index (χ3n) is 10.4. The van der Waals surface area contributed by atoms with Crippen molar-refractivity contribution in [3.05, 3.63) is 36.5 Å². The van der Waals surface area contributed by atoms with Crippen LogP contribution in [0.2, 0.25) is 0 Å². The van der Waals surface area contributed by atoms with Crippen LogP contribution in [0, 0.1) is 0 Å². The molecule has 0 aromatic carbocycles. The van der Waals surface area contributed by atoms with Crippen molar-refractivity contribution < 1.29 is 24.5 Å². The number of nitrogens with one attached hydrogen (secondary N) is 1. The molecule has 6 heteroatoms. The molecule has 0 aliphatic rings. The van der Waals surface area contributed by atoms with Crippen LogP contribution in [0.4, 0.5) is 0 Å². The number of carbonyl (C=O) groups excluding carboxylic acids is 2. The summed E-state index contributed by atoms with van der Waals surface area (Å²) in [4.78, 5) is 25.9. The van der Waals surface area contributed by atoms with Crippen molar-refractivity contribution in [2.75, 3.05) is 6.61 Å². The van der Waals surface area contributed by atoms with E-state index in [0.29, 0.717) is 12.8 Å². The molecule has 54 heavy (non-hydrogen) atoms. The van der Waals surface area contributed by atoms with Gasteiger partial charge in [-0.2, -0.15) is 0 Å². The second-order valence-electron chi connectivity index (χ2n) is 15.8. The maximum Gasteiger partial charge on any atom is 0.306 e. The van der Waals surface area contributed by atoms with Crippen LogP contribution >= 0.6 is 0 Å². The van der Waals surface area contributed by atoms with Crippen molar-refractivity contribution >= 4 is 11.9 Å². The molecule has 0 aliphatic heterocycles. The summed E-state index contributed by atoms with van der Waals surface area (Å²) in [6.07, 6.45) is 48.0. The number of amides is 1. The predicted molar refractivity (Wildman–Crippen MR) is 232 cm³/mol. The molecule has 1 amide bonds. The molecule has 3 N–H and O–H groups in total. The average Bonchev–Trinajstić information content (AvgIpc) is 3.16. The molecule has 0 bridgehead atoms. The molecular formula is C48H89NO5. The van der Waals surface area contributed by atoms with Gasteiger partial charge in [0.2, 0.25) is 5.91 Å². The van der Waals surface area contributed by atoms with Gasteiger partial charge in [0.15, 0.2) is 0 Å². The van der Waals surface area contributed by atoms with Gasteiger partial charge in [-0.25, -0.2) is 0 Å². The average molecular weight is 760 g/mol. The Labute approximate surface area is 334 Å². The monoisotopic (exact) mass is 760 g/mol. The van der Waals surface area contributed by atoms with Crippen LogP contribution in [0.15, 0.2) is 36.5 Å². The number of unbranched alkanes of at least 4 members (excludes halogenated alkanes) is 25. The molecule has 0 aromatic rings. The SMILES string of the molecule is CCCC/C=C\CCCCCCCC(=O)OC(/C=C/C/C=C\CCCCCCCC)CC(=O)NC(CO)C(O)CCCCCCCCCCCCCCC. The fourth-order valence-corrected chi connectivity index (χ4v) is 6.85. The number of esters is 1. The first-order valence-corrected chi connectivity index (χ1v) is 23.2. The summed E-state index contributed by atoms with van der Waals surface area (Å²) in [6.45, 7) is 6.39. The van der Waals surface area contributed by atoms with Gasteiger partial charge in [-0.3, -0.25) is 9.59 Å². The van der Waals surface area contributed by atoms with Gasteiger partial charge in [-0.1, -0.05) is 199 Å². The third-order valence-corrected chi connectivity index (χ3v) is 10.4. The topological polar surface area (TPSA) is 95.9 Å². The quantitative estimate of drug-likeness (QED) is 0.0328. The summed E-state index contributed by atoms with van der Waals surface area (Å²) in [7, 11) is 0. The summed E-state index contributed by atoms with van der Waals surface area (Å²) in [5, 5.41) is 23.6. The Morgan fingerprint density at radius 2 is 1.00 bits per heavy atom. The molecule has 0 saturated carbocycles. The van der Waals surface area contributed by atoms with Gasteiger partial charge < -0.3 is 20.3 Å². The Morgan fingerprint density at radius 1 is 0.556 bits per heavy atom. The van der Waals surface area contributed by atoms with E-state index in [-0.39, 0.29) is 24.9 Å². The molecule has 3 atom stereocenters. The van der Waals surface area contributed by atoms with Gasteiger partial charge in [0, 0.05) is 6.42 Å². The zero-order chi connectivity index (χ0) is 39.6. The number of hydrogen-bond donors (Lipinski definition) is 3. The van der Waals surface area contributed by atoms with Crippen molar-refractivity contribution in [3.8, 4) is 0 Å². The summed E-state index contributed by atoms with van der Waals surface area (Å²) in [5.41, 5.74) is 0. The smallest absolute Gasteiger partial charge is 0.306 e. The number of ether oxygens (including phenoxy) is 1. The fourth-order valence-electron chi connectivity index (χ4n) is 6.85. The molecule has 0 aliphatic carbocycles. The molecule has 316 valence electrons. The lowest BCUT2D eigenvalue weighted by atomic mass is 10.0. The Kier molecular flexibility index (Phi) is 40.7. The molecule has 0 saturated heterocycles. The van der Waals surface area contributed by atoms with Gasteiger partial charge in [-0.05, 0) is 57.4 Å². The minimum absolute atomic E-state index is 0.0303. The molecule has 0 rings (SSSR count). The Bertz CT molecular complexity index is 900. The van der Waals surface area contributed by atoms with Crippen molar-refractivity contribution in [1.29, 1.82) is 0 Å².